The highest BCUT2D eigenvalue weighted by Crippen LogP contribution is 2.68. The number of aliphatic hydroxyl groups excluding tert-OH is 1. The zero-order valence-electron chi connectivity index (χ0n) is 23.0. The molecule has 1 aromatic carbocycles. The summed E-state index contributed by atoms with van der Waals surface area (Å²) in [5.41, 5.74) is -1.55. The number of nitrogens with one attached hydrogen (secondary N) is 1. The van der Waals surface area contributed by atoms with Crippen LogP contribution in [0.4, 0.5) is 0 Å². The molecule has 3 aliphatic carbocycles. The molecule has 2 N–H and O–H groups in total. The largest absolute Gasteiger partial charge is 0.461 e. The minimum absolute atomic E-state index is 0.0760. The highest BCUT2D eigenvalue weighted by atomic mass is 35.5. The molecule has 0 unspecified atom stereocenters. The van der Waals surface area contributed by atoms with E-state index in [0.717, 1.165) is 31.0 Å². The summed E-state index contributed by atoms with van der Waals surface area (Å²) in [7, 11) is 0. The van der Waals surface area contributed by atoms with Gasteiger partial charge in [0.2, 0.25) is 0 Å². The fraction of sp³-hybridized carbons (Fsp3) is 0.600. The van der Waals surface area contributed by atoms with Crippen LogP contribution < -0.4 is 5.56 Å². The number of fused-ring (bicyclic) bond motifs is 1. The van der Waals surface area contributed by atoms with E-state index in [-0.39, 0.29) is 45.4 Å². The fourth-order valence-electron chi connectivity index (χ4n) is 8.00. The normalized spacial score (nSPS) is 38.1. The Morgan fingerprint density at radius 3 is 2.77 bits per heavy atom. The topological polar surface area (TPSA) is 109 Å². The van der Waals surface area contributed by atoms with Crippen molar-refractivity contribution in [2.24, 2.45) is 34.0 Å². The van der Waals surface area contributed by atoms with Crippen molar-refractivity contribution in [2.45, 2.75) is 77.2 Å². The third kappa shape index (κ3) is 4.38. The molecular weight excluding hydrogens is 536 g/mol. The van der Waals surface area contributed by atoms with Gasteiger partial charge in [-0.2, -0.15) is 0 Å². The van der Waals surface area contributed by atoms with Gasteiger partial charge in [0.25, 0.3) is 5.56 Å². The Balaban J connectivity index is 1.46. The molecule has 3 saturated carbocycles. The molecule has 210 valence electrons. The van der Waals surface area contributed by atoms with E-state index in [1.165, 1.54) is 0 Å². The van der Waals surface area contributed by atoms with E-state index in [2.05, 4.69) is 37.3 Å². The average Bonchev–Trinajstić information content (AvgIpc) is 3.26. The second kappa shape index (κ2) is 10.0. The maximum Gasteiger partial charge on any atom is 0.316 e. The molecule has 0 saturated heterocycles. The summed E-state index contributed by atoms with van der Waals surface area (Å²) in [5, 5.41) is 12.7. The van der Waals surface area contributed by atoms with Crippen LogP contribution in [0.2, 0.25) is 5.02 Å². The Morgan fingerprint density at radius 2 is 2.05 bits per heavy atom. The lowest BCUT2D eigenvalue weighted by Crippen LogP contribution is -2.63. The molecule has 5 rings (SSSR count). The van der Waals surface area contributed by atoms with E-state index in [0.29, 0.717) is 28.8 Å². The third-order valence-electron chi connectivity index (χ3n) is 10.6. The summed E-state index contributed by atoms with van der Waals surface area (Å²) in [6.07, 6.45) is 3.90. The van der Waals surface area contributed by atoms with Crippen LogP contribution >= 0.6 is 23.4 Å². The highest BCUT2D eigenvalue weighted by Gasteiger charge is 2.68. The summed E-state index contributed by atoms with van der Waals surface area (Å²) in [6.45, 7) is 12.4. The second-order valence-electron chi connectivity index (χ2n) is 12.4. The zero-order chi connectivity index (χ0) is 28.3. The Hall–Kier alpha value is -2.16. The van der Waals surface area contributed by atoms with Crippen LogP contribution in [0.1, 0.15) is 59.8 Å². The molecule has 0 aliphatic heterocycles. The van der Waals surface area contributed by atoms with Crippen LogP contribution in [-0.4, -0.2) is 44.8 Å². The molecule has 0 radical (unpaired) electrons. The number of ketones is 1. The molecule has 1 heterocycles. The first-order valence-corrected chi connectivity index (χ1v) is 15.1. The number of hydrogen-bond donors (Lipinski definition) is 2. The third-order valence-corrected chi connectivity index (χ3v) is 11.7. The van der Waals surface area contributed by atoms with Crippen molar-refractivity contribution in [3.05, 3.63) is 46.2 Å². The first-order chi connectivity index (χ1) is 18.4. The molecule has 2 bridgehead atoms. The number of Topliss-reactive ketones (excluding diaryl/α,β-unsaturated/α-hetero) is 1. The Kier molecular flexibility index (Phi) is 7.30. The van der Waals surface area contributed by atoms with Crippen LogP contribution in [0.5, 0.6) is 0 Å². The smallest absolute Gasteiger partial charge is 0.316 e. The molecule has 0 spiro atoms. The lowest BCUT2D eigenvalue weighted by molar-refractivity contribution is -0.205. The summed E-state index contributed by atoms with van der Waals surface area (Å²) < 4.78 is 6.27. The van der Waals surface area contributed by atoms with E-state index in [4.69, 9.17) is 16.3 Å². The van der Waals surface area contributed by atoms with Gasteiger partial charge < -0.3 is 14.8 Å². The number of ether oxygens (including phenoxy) is 1. The second-order valence-corrected chi connectivity index (χ2v) is 13.7. The van der Waals surface area contributed by atoms with Crippen molar-refractivity contribution in [2.75, 3.05) is 5.75 Å². The summed E-state index contributed by atoms with van der Waals surface area (Å²) >= 11 is 7.32. The van der Waals surface area contributed by atoms with E-state index >= 15 is 0 Å². The fourth-order valence-corrected chi connectivity index (χ4v) is 8.86. The van der Waals surface area contributed by atoms with Gasteiger partial charge in [0.15, 0.2) is 5.16 Å². The number of H-pyrrole nitrogens is 1. The number of halogens is 1. The van der Waals surface area contributed by atoms with E-state index in [1.54, 1.807) is 24.3 Å². The van der Waals surface area contributed by atoms with Crippen molar-refractivity contribution >= 4 is 46.0 Å². The van der Waals surface area contributed by atoms with Crippen molar-refractivity contribution in [1.29, 1.82) is 0 Å². The number of rotatable bonds is 5. The van der Waals surface area contributed by atoms with Gasteiger partial charge in [0.05, 0.1) is 27.8 Å². The number of para-hydroxylation sites is 1. The van der Waals surface area contributed by atoms with Gasteiger partial charge in [-0.1, -0.05) is 63.2 Å². The van der Waals surface area contributed by atoms with Gasteiger partial charge in [0.1, 0.15) is 11.9 Å². The molecule has 0 amide bonds. The van der Waals surface area contributed by atoms with Crippen molar-refractivity contribution < 1.29 is 19.4 Å². The van der Waals surface area contributed by atoms with E-state index < -0.39 is 29.0 Å². The SMILES string of the molecule is C=C[C@]1(C)C[C@@H](OC(=O)CSc2nc3c(Cl)cccc3c(=O)[nH]2)[C@]2(C)[C@H](C)CC[C@]3(CCC(=O)[C@H]32)[C@@H](C)[C@@H]1O. The van der Waals surface area contributed by atoms with Crippen LogP contribution in [0.15, 0.2) is 40.8 Å². The van der Waals surface area contributed by atoms with Gasteiger partial charge in [-0.05, 0) is 55.1 Å². The Labute approximate surface area is 238 Å². The lowest BCUT2D eigenvalue weighted by Gasteiger charge is -2.61. The molecule has 8 atom stereocenters. The summed E-state index contributed by atoms with van der Waals surface area (Å²) in [4.78, 5) is 46.6. The van der Waals surface area contributed by atoms with Gasteiger partial charge in [0, 0.05) is 23.2 Å². The number of aliphatic hydroxyl groups is 1. The molecule has 2 aromatic rings. The number of thioether (sulfide) groups is 1. The minimum Gasteiger partial charge on any atom is -0.461 e. The van der Waals surface area contributed by atoms with E-state index in [9.17, 15) is 19.5 Å². The molecule has 3 aliphatic rings. The summed E-state index contributed by atoms with van der Waals surface area (Å²) in [6, 6.07) is 4.99. The maximum absolute atomic E-state index is 13.5. The number of benzene rings is 1. The quantitative estimate of drug-likeness (QED) is 0.208. The van der Waals surface area contributed by atoms with Crippen molar-refractivity contribution in [1.82, 2.24) is 9.97 Å². The molecule has 3 fully saturated rings. The highest BCUT2D eigenvalue weighted by molar-refractivity contribution is 7.99. The summed E-state index contributed by atoms with van der Waals surface area (Å²) in [5.74, 6) is -0.530. The first kappa shape index (κ1) is 28.4. The monoisotopic (exact) mass is 572 g/mol. The predicted octanol–water partition coefficient (Wildman–Crippen LogP) is 5.58. The van der Waals surface area contributed by atoms with Crippen LogP contribution in [0, 0.1) is 34.0 Å². The number of aromatic nitrogens is 2. The first-order valence-electron chi connectivity index (χ1n) is 13.7. The Bertz CT molecular complexity index is 1400. The number of aromatic amines is 1. The number of hydrogen-bond acceptors (Lipinski definition) is 7. The molecule has 1 aromatic heterocycles. The zero-order valence-corrected chi connectivity index (χ0v) is 24.5. The standard InChI is InChI=1S/C30H37ClN2O5S/c1-6-28(4)14-21(29(5)16(2)10-12-30(17(3)25(28)36)13-11-20(34)24(29)30)38-22(35)15-39-27-32-23-18(26(37)33-27)8-7-9-19(23)31/h6-9,16-17,21,24-25,36H,1,10-15H2,2-5H3,(H,32,33,37)/t16-,17+,21-,24+,25+,28-,29+,30+/m1/s1. The molecule has 9 heteroatoms. The number of nitrogens with zero attached hydrogens (tertiary/aromatic N) is 1. The molecule has 39 heavy (non-hydrogen) atoms. The minimum atomic E-state index is -0.714. The van der Waals surface area contributed by atoms with Crippen LogP contribution in [-0.2, 0) is 14.3 Å². The molecular formula is C30H37ClN2O5S. The van der Waals surface area contributed by atoms with Gasteiger partial charge in [-0.25, -0.2) is 4.98 Å². The van der Waals surface area contributed by atoms with Crippen molar-refractivity contribution in [3.63, 3.8) is 0 Å². The number of esters is 1. The Morgan fingerprint density at radius 1 is 1.31 bits per heavy atom. The maximum atomic E-state index is 13.5. The number of carbonyl (C=O) groups excluding carboxylic acids is 2. The van der Waals surface area contributed by atoms with Crippen LogP contribution in [0.3, 0.4) is 0 Å². The molecule has 7 nitrogen and oxygen atoms in total. The predicted molar refractivity (Wildman–Crippen MR) is 153 cm³/mol. The number of carbonyl (C=O) groups is 2. The van der Waals surface area contributed by atoms with Crippen LogP contribution in [0.25, 0.3) is 10.9 Å². The lowest BCUT2D eigenvalue weighted by atomic mass is 9.44. The van der Waals surface area contributed by atoms with E-state index in [1.807, 2.05) is 6.92 Å². The average molecular weight is 573 g/mol. The van der Waals surface area contributed by atoms with Gasteiger partial charge in [-0.3, -0.25) is 14.4 Å². The van der Waals surface area contributed by atoms with Gasteiger partial charge >= 0.3 is 5.97 Å². The van der Waals surface area contributed by atoms with Gasteiger partial charge in [-0.15, -0.1) is 6.58 Å². The van der Waals surface area contributed by atoms with Crippen molar-refractivity contribution in [3.8, 4) is 0 Å².